The molecule has 23 heavy (non-hydrogen) atoms. The molecule has 0 spiro atoms. The number of benzene rings is 2. The van der Waals surface area contributed by atoms with Gasteiger partial charge >= 0.3 is 13.6 Å². The number of carboxylic acids is 1. The molecule has 0 fully saturated rings. The second kappa shape index (κ2) is 7.32. The Bertz CT molecular complexity index is 760. The molecule has 0 saturated heterocycles. The van der Waals surface area contributed by atoms with Gasteiger partial charge in [-0.3, -0.25) is 4.57 Å². The maximum Gasteiger partial charge on any atom is 0.360 e. The van der Waals surface area contributed by atoms with E-state index < -0.39 is 19.7 Å². The zero-order valence-corrected chi connectivity index (χ0v) is 14.4. The van der Waals surface area contributed by atoms with Gasteiger partial charge in [-0.1, -0.05) is 36.0 Å². The Morgan fingerprint density at radius 2 is 1.65 bits per heavy atom. The van der Waals surface area contributed by atoms with Crippen LogP contribution in [0.5, 0.6) is 0 Å². The molecule has 1 atom stereocenters. The van der Waals surface area contributed by atoms with Gasteiger partial charge < -0.3 is 14.5 Å². The summed E-state index contributed by atoms with van der Waals surface area (Å²) in [5, 5.41) is 9.42. The highest BCUT2D eigenvalue weighted by Crippen LogP contribution is 2.46. The summed E-state index contributed by atoms with van der Waals surface area (Å²) in [7, 11) is -3.98. The summed E-state index contributed by atoms with van der Waals surface area (Å²) in [5.74, 6) is -1.05. The average molecular weight is 352 g/mol. The van der Waals surface area contributed by atoms with Gasteiger partial charge in [0.2, 0.25) is 0 Å². The second-order valence-corrected chi connectivity index (χ2v) is 7.86. The van der Waals surface area contributed by atoms with Gasteiger partial charge in [0.15, 0.2) is 0 Å². The van der Waals surface area contributed by atoms with Crippen LogP contribution in [0.2, 0.25) is 0 Å². The normalized spacial score (nSPS) is 13.7. The minimum Gasteiger partial charge on any atom is -0.478 e. The van der Waals surface area contributed by atoms with Crippen LogP contribution in [-0.2, 0) is 9.09 Å². The van der Waals surface area contributed by atoms with Crippen molar-refractivity contribution in [2.45, 2.75) is 29.7 Å². The largest absolute Gasteiger partial charge is 0.478 e. The lowest BCUT2D eigenvalue weighted by Gasteiger charge is -2.18. The van der Waals surface area contributed by atoms with Crippen LogP contribution < -0.4 is 5.30 Å². The fourth-order valence-corrected chi connectivity index (χ4v) is 4.73. The quantitative estimate of drug-likeness (QED) is 0.770. The standard InChI is InChI=1S/C16H17O5PS/c1-11(2)21-22(19,20)13-8-4-6-10-15(13)23-14-9-5-3-7-12(14)16(17)18/h3-11H,1-2H3,(H,17,18)(H,19,20). The van der Waals surface area contributed by atoms with Crippen LogP contribution in [0.3, 0.4) is 0 Å². The van der Waals surface area contributed by atoms with E-state index in [2.05, 4.69) is 0 Å². The van der Waals surface area contributed by atoms with Gasteiger partial charge in [0.05, 0.1) is 17.0 Å². The van der Waals surface area contributed by atoms with Gasteiger partial charge in [-0.05, 0) is 38.1 Å². The lowest BCUT2D eigenvalue weighted by molar-refractivity contribution is 0.0693. The van der Waals surface area contributed by atoms with Crippen molar-refractivity contribution >= 4 is 30.6 Å². The summed E-state index contributed by atoms with van der Waals surface area (Å²) in [4.78, 5) is 22.5. The van der Waals surface area contributed by atoms with E-state index in [4.69, 9.17) is 4.52 Å². The van der Waals surface area contributed by atoms with Crippen LogP contribution in [0.4, 0.5) is 0 Å². The first-order valence-corrected chi connectivity index (χ1v) is 9.31. The van der Waals surface area contributed by atoms with Crippen LogP contribution >= 0.6 is 19.4 Å². The number of hydrogen-bond acceptors (Lipinski definition) is 4. The molecular formula is C16H17O5PS. The lowest BCUT2D eigenvalue weighted by atomic mass is 10.2. The van der Waals surface area contributed by atoms with Crippen LogP contribution in [0.1, 0.15) is 24.2 Å². The molecule has 5 nitrogen and oxygen atoms in total. The Kier molecular flexibility index (Phi) is 5.65. The average Bonchev–Trinajstić information content (AvgIpc) is 2.46. The highest BCUT2D eigenvalue weighted by Gasteiger charge is 2.28. The molecule has 2 rings (SSSR count). The molecule has 7 heteroatoms. The van der Waals surface area contributed by atoms with E-state index >= 15 is 0 Å². The summed E-state index contributed by atoms with van der Waals surface area (Å²) in [5.41, 5.74) is 0.143. The van der Waals surface area contributed by atoms with E-state index in [1.807, 2.05) is 0 Å². The summed E-state index contributed by atoms with van der Waals surface area (Å²) in [6, 6.07) is 13.1. The Morgan fingerprint density at radius 1 is 1.09 bits per heavy atom. The molecule has 2 aromatic carbocycles. The van der Waals surface area contributed by atoms with Crippen molar-refractivity contribution in [3.05, 3.63) is 54.1 Å². The molecule has 0 aliphatic rings. The van der Waals surface area contributed by atoms with Crippen molar-refractivity contribution in [1.29, 1.82) is 0 Å². The van der Waals surface area contributed by atoms with Gasteiger partial charge in [-0.2, -0.15) is 0 Å². The fourth-order valence-electron chi connectivity index (χ4n) is 1.97. The van der Waals surface area contributed by atoms with Crippen molar-refractivity contribution in [1.82, 2.24) is 0 Å². The van der Waals surface area contributed by atoms with Crippen LogP contribution in [0.25, 0.3) is 0 Å². The monoisotopic (exact) mass is 352 g/mol. The van der Waals surface area contributed by atoms with E-state index in [-0.39, 0.29) is 10.9 Å². The Hall–Kier alpha value is -1.59. The van der Waals surface area contributed by atoms with Gasteiger partial charge in [0, 0.05) is 9.79 Å². The number of carboxylic acid groups (broad SMARTS) is 1. The van der Waals surface area contributed by atoms with E-state index in [9.17, 15) is 19.4 Å². The third-order valence-corrected chi connectivity index (χ3v) is 5.87. The minimum absolute atomic E-state index is 0.143. The summed E-state index contributed by atoms with van der Waals surface area (Å²) >= 11 is 1.13. The number of hydrogen-bond donors (Lipinski definition) is 2. The number of carbonyl (C=O) groups is 1. The molecule has 1 unspecified atom stereocenters. The number of rotatable bonds is 6. The highest BCUT2D eigenvalue weighted by atomic mass is 32.2. The molecule has 0 radical (unpaired) electrons. The molecule has 0 heterocycles. The van der Waals surface area contributed by atoms with Gasteiger partial charge in [0.1, 0.15) is 0 Å². The Morgan fingerprint density at radius 3 is 2.26 bits per heavy atom. The predicted molar refractivity (Wildman–Crippen MR) is 89.6 cm³/mol. The third kappa shape index (κ3) is 4.45. The van der Waals surface area contributed by atoms with Crippen molar-refractivity contribution in [3.8, 4) is 0 Å². The van der Waals surface area contributed by atoms with E-state index in [0.29, 0.717) is 9.79 Å². The Labute approximate surface area is 138 Å². The zero-order chi connectivity index (χ0) is 17.0. The first-order valence-electron chi connectivity index (χ1n) is 6.92. The minimum atomic E-state index is -3.98. The first-order chi connectivity index (χ1) is 10.8. The zero-order valence-electron chi connectivity index (χ0n) is 12.7. The maximum absolute atomic E-state index is 12.5. The molecule has 122 valence electrons. The van der Waals surface area contributed by atoms with Crippen molar-refractivity contribution in [2.75, 3.05) is 0 Å². The smallest absolute Gasteiger partial charge is 0.360 e. The molecule has 0 saturated carbocycles. The van der Waals surface area contributed by atoms with Crippen LogP contribution in [0.15, 0.2) is 58.3 Å². The molecule has 0 bridgehead atoms. The van der Waals surface area contributed by atoms with Crippen LogP contribution in [-0.4, -0.2) is 22.1 Å². The van der Waals surface area contributed by atoms with Crippen molar-refractivity contribution < 1.29 is 23.9 Å². The summed E-state index contributed by atoms with van der Waals surface area (Å²) in [6.45, 7) is 3.36. The highest BCUT2D eigenvalue weighted by molar-refractivity contribution is 8.00. The SMILES string of the molecule is CC(C)OP(=O)(O)c1ccccc1Sc1ccccc1C(=O)O. The molecule has 0 aliphatic heterocycles. The van der Waals surface area contributed by atoms with Gasteiger partial charge in [-0.15, -0.1) is 0 Å². The summed E-state index contributed by atoms with van der Waals surface area (Å²) in [6.07, 6.45) is -0.407. The molecule has 0 amide bonds. The van der Waals surface area contributed by atoms with Gasteiger partial charge in [-0.25, -0.2) is 4.79 Å². The Balaban J connectivity index is 2.43. The lowest BCUT2D eigenvalue weighted by Crippen LogP contribution is -2.13. The molecule has 0 aromatic heterocycles. The number of aromatic carboxylic acids is 1. The third-order valence-electron chi connectivity index (χ3n) is 2.86. The fraction of sp³-hybridized carbons (Fsp3) is 0.188. The molecule has 2 N–H and O–H groups in total. The molecule has 0 aliphatic carbocycles. The van der Waals surface area contributed by atoms with Gasteiger partial charge in [0.25, 0.3) is 0 Å². The van der Waals surface area contributed by atoms with Crippen molar-refractivity contribution in [2.24, 2.45) is 0 Å². The molecule has 2 aromatic rings. The van der Waals surface area contributed by atoms with E-state index in [1.54, 1.807) is 50.2 Å². The van der Waals surface area contributed by atoms with Crippen LogP contribution in [0, 0.1) is 0 Å². The maximum atomic E-state index is 12.5. The predicted octanol–water partition coefficient (Wildman–Crippen LogP) is 3.77. The molecular weight excluding hydrogens is 335 g/mol. The van der Waals surface area contributed by atoms with E-state index in [0.717, 1.165) is 11.8 Å². The van der Waals surface area contributed by atoms with E-state index in [1.165, 1.54) is 12.1 Å². The first kappa shape index (κ1) is 17.8. The topological polar surface area (TPSA) is 83.8 Å². The van der Waals surface area contributed by atoms with Crippen molar-refractivity contribution in [3.63, 3.8) is 0 Å². The summed E-state index contributed by atoms with van der Waals surface area (Å²) < 4.78 is 17.6. The second-order valence-electron chi connectivity index (χ2n) is 5.05.